The van der Waals surface area contributed by atoms with E-state index in [2.05, 4.69) is 33.0 Å². The van der Waals surface area contributed by atoms with Crippen molar-refractivity contribution in [2.75, 3.05) is 85.2 Å². The number of fused-ring (bicyclic) bond motifs is 1. The molecule has 244 valence electrons. The second-order valence-corrected chi connectivity index (χ2v) is 17.5. The number of likely N-dealkylation sites (tertiary alicyclic amines) is 1. The molecule has 3 aliphatic heterocycles. The first-order chi connectivity index (χ1) is 20.5. The summed E-state index contributed by atoms with van der Waals surface area (Å²) >= 11 is 0.0763. The molecule has 0 aromatic heterocycles. The Kier molecular flexibility index (Phi) is 12.3. The zero-order valence-corrected chi connectivity index (χ0v) is 28.7. The van der Waals surface area contributed by atoms with Crippen LogP contribution in [0.3, 0.4) is 0 Å². The first-order valence-corrected chi connectivity index (χ1v) is 18.2. The normalized spacial score (nSPS) is 24.7. The van der Waals surface area contributed by atoms with E-state index in [-0.39, 0.29) is 52.7 Å². The number of carboxylic acid groups (broad SMARTS) is 1. The predicted octanol–water partition coefficient (Wildman–Crippen LogP) is -1.08. The number of alkyl halides is 1. The van der Waals surface area contributed by atoms with Gasteiger partial charge in [-0.05, 0) is 13.1 Å². The average Bonchev–Trinajstić information content (AvgIpc) is 3.65. The third kappa shape index (κ3) is 9.16. The monoisotopic (exact) mass is 717 g/mol. The summed E-state index contributed by atoms with van der Waals surface area (Å²) in [5.74, 6) is -0.455. The Balaban J connectivity index is 1.50. The second-order valence-electron chi connectivity index (χ2n) is 12.8. The number of carboxylic acids is 1. The minimum Gasteiger partial charge on any atom is -0.365 e. The van der Waals surface area contributed by atoms with Gasteiger partial charge in [0.2, 0.25) is 6.79 Å². The Labute approximate surface area is 267 Å². The quantitative estimate of drug-likeness (QED) is 0.0957. The van der Waals surface area contributed by atoms with Gasteiger partial charge in [0.05, 0.1) is 0 Å². The van der Waals surface area contributed by atoms with Crippen LogP contribution in [0, 0.1) is 5.92 Å². The average molecular weight is 718 g/mol. The number of ether oxygens (including phenoxy) is 2. The van der Waals surface area contributed by atoms with Gasteiger partial charge >= 0.3 is 198 Å². The van der Waals surface area contributed by atoms with Crippen LogP contribution in [0.15, 0.2) is 18.2 Å². The number of carbonyl (C=O) groups excluding carboxylic acids is 1. The van der Waals surface area contributed by atoms with Crippen molar-refractivity contribution in [1.82, 2.24) is 19.6 Å². The number of benzene rings is 1. The van der Waals surface area contributed by atoms with Crippen LogP contribution >= 0.6 is 0 Å². The van der Waals surface area contributed by atoms with Crippen LogP contribution in [-0.2, 0) is 9.59 Å². The molecule has 0 spiro atoms. The van der Waals surface area contributed by atoms with Crippen molar-refractivity contribution in [3.8, 4) is 11.5 Å². The molecule has 0 aliphatic carbocycles. The van der Waals surface area contributed by atoms with E-state index in [0.29, 0.717) is 31.0 Å². The fourth-order valence-corrected chi connectivity index (χ4v) is 8.68. The summed E-state index contributed by atoms with van der Waals surface area (Å²) in [6.45, 7) is 6.52. The minimum absolute atomic E-state index is 0.0763. The summed E-state index contributed by atoms with van der Waals surface area (Å²) in [6.07, 6.45) is 3.98. The van der Waals surface area contributed by atoms with Gasteiger partial charge in [-0.25, -0.2) is 0 Å². The number of nitrogens with zero attached hydrogens (tertiary/aromatic N) is 5. The van der Waals surface area contributed by atoms with Crippen molar-refractivity contribution in [1.29, 1.82) is 0 Å². The van der Waals surface area contributed by atoms with Crippen LogP contribution in [0.1, 0.15) is 50.5 Å². The number of rotatable bonds is 16. The molecule has 2 N–H and O–H groups in total. The molecule has 3 heterocycles. The Morgan fingerprint density at radius 1 is 1.07 bits per heavy atom. The third-order valence-corrected chi connectivity index (χ3v) is 12.1. The number of amides is 1. The van der Waals surface area contributed by atoms with E-state index in [9.17, 15) is 19.8 Å². The summed E-state index contributed by atoms with van der Waals surface area (Å²) in [7, 11) is 8.64. The first kappa shape index (κ1) is 34.2. The molecule has 12 heteroatoms. The second kappa shape index (κ2) is 15.5. The third-order valence-electron chi connectivity index (χ3n) is 8.76. The van der Waals surface area contributed by atoms with Gasteiger partial charge in [-0.2, -0.15) is 0 Å². The number of unbranched alkanes of at least 4 members (excludes halogenated alkanes) is 2. The number of quaternary nitrogens is 1. The summed E-state index contributed by atoms with van der Waals surface area (Å²) in [4.78, 5) is 34.7. The molecule has 2 fully saturated rings. The molecule has 43 heavy (non-hydrogen) atoms. The smallest absolute Gasteiger partial charge is 0.365 e. The van der Waals surface area contributed by atoms with Gasteiger partial charge in [0, 0.05) is 13.1 Å². The fourth-order valence-electron chi connectivity index (χ4n) is 6.35. The van der Waals surface area contributed by atoms with Crippen LogP contribution in [-0.4, -0.2) is 142 Å². The number of aliphatic hydroxyl groups is 1. The molecule has 0 radical (unpaired) electrons. The van der Waals surface area contributed by atoms with E-state index < -0.39 is 18.2 Å². The van der Waals surface area contributed by atoms with E-state index >= 15 is 0 Å². The standard InChI is InChI=1S/C31H52IN5O6/c1-6-7-14-34(15-9-8-13-32-37(3,4)5)28(38)21-36-20-24(23-10-11-26-27(19-23)43-22-42-26)29(30(39)40)25(36)12-16-35-18-17-33(2)31(35)41/h10-11,19,24-25,29,31,41H,6-9,12-18,20-22H2,1-5H3,(H,39,40)/t24?,25-,29+,31?/m0/s1. The van der Waals surface area contributed by atoms with Gasteiger partial charge in [-0.1, -0.05) is 0 Å². The number of carbonyl (C=O) groups is 2. The predicted molar refractivity (Wildman–Crippen MR) is 160 cm³/mol. The summed E-state index contributed by atoms with van der Waals surface area (Å²) in [5.41, 5.74) is 0.890. The van der Waals surface area contributed by atoms with Crippen molar-refractivity contribution in [2.45, 2.75) is 57.3 Å². The van der Waals surface area contributed by atoms with Crippen LogP contribution in [0.4, 0.5) is 0 Å². The maximum absolute atomic E-state index is 13.8. The Bertz CT molecular complexity index is 1090. The number of halogens is 1. The number of hydrogen-bond acceptors (Lipinski definition) is 8. The van der Waals surface area contributed by atoms with E-state index in [1.807, 2.05) is 39.9 Å². The summed E-state index contributed by atoms with van der Waals surface area (Å²) < 4.78 is 13.4. The van der Waals surface area contributed by atoms with E-state index in [4.69, 9.17) is 9.47 Å². The molecule has 4 rings (SSSR count). The van der Waals surface area contributed by atoms with Crippen molar-refractivity contribution >= 4 is 11.9 Å². The number of hydrogen-bond donors (Lipinski definition) is 2. The van der Waals surface area contributed by atoms with Crippen molar-refractivity contribution in [3.05, 3.63) is 23.8 Å². The Hall–Kier alpha value is -1.71. The number of aliphatic hydroxyl groups excluding tert-OH is 1. The van der Waals surface area contributed by atoms with Gasteiger partial charge in [-0.15, -0.1) is 0 Å². The van der Waals surface area contributed by atoms with E-state index in [1.54, 1.807) is 0 Å². The SMILES string of the molecule is CCCCN(CCCC[I-][N+](C)(C)C)C(=O)CN1CC(c2ccc3c(c2)OCO3)[C@@H](C(=O)O)[C@@H]1CCN1CCN(C)C1O. The molecule has 4 atom stereocenters. The van der Waals surface area contributed by atoms with E-state index in [1.165, 1.54) is 4.43 Å². The molecule has 1 amide bonds. The van der Waals surface area contributed by atoms with Gasteiger partial charge in [0.15, 0.2) is 17.9 Å². The molecule has 1 aromatic rings. The molecular weight excluding hydrogens is 665 g/mol. The molecule has 1 aromatic carbocycles. The summed E-state index contributed by atoms with van der Waals surface area (Å²) in [6, 6.07) is 5.35. The van der Waals surface area contributed by atoms with Crippen LogP contribution < -0.4 is 31.0 Å². The van der Waals surface area contributed by atoms with Crippen LogP contribution in [0.2, 0.25) is 0 Å². The molecular formula is C31H52IN5O6. The molecule has 2 saturated heterocycles. The van der Waals surface area contributed by atoms with Crippen molar-refractivity contribution < 1.29 is 53.5 Å². The molecule has 3 aliphatic rings. The first-order valence-electron chi connectivity index (χ1n) is 15.7. The van der Waals surface area contributed by atoms with Crippen molar-refractivity contribution in [3.63, 3.8) is 0 Å². The fraction of sp³-hybridized carbons (Fsp3) is 0.742. The Morgan fingerprint density at radius 2 is 1.81 bits per heavy atom. The number of likely N-dealkylation sites (N-methyl/N-ethyl adjacent to an activating group) is 1. The van der Waals surface area contributed by atoms with Crippen LogP contribution in [0.5, 0.6) is 11.5 Å². The van der Waals surface area contributed by atoms with Crippen molar-refractivity contribution in [2.24, 2.45) is 5.92 Å². The topological polar surface area (TPSA) is 106 Å². The van der Waals surface area contributed by atoms with E-state index in [0.717, 1.165) is 60.1 Å². The van der Waals surface area contributed by atoms with Crippen LogP contribution in [0.25, 0.3) is 0 Å². The van der Waals surface area contributed by atoms with Gasteiger partial charge in [0.25, 0.3) is 0 Å². The molecule has 0 saturated carbocycles. The molecule has 11 nitrogen and oxygen atoms in total. The zero-order chi connectivity index (χ0) is 31.1. The summed E-state index contributed by atoms with van der Waals surface area (Å²) in [5, 5.41) is 21.1. The van der Waals surface area contributed by atoms with Gasteiger partial charge in [-0.3, -0.25) is 4.90 Å². The van der Waals surface area contributed by atoms with Gasteiger partial charge < -0.3 is 14.6 Å². The molecule has 0 bridgehead atoms. The van der Waals surface area contributed by atoms with Gasteiger partial charge in [0.1, 0.15) is 0 Å². The maximum atomic E-state index is 13.8. The minimum atomic E-state index is -0.856. The zero-order valence-electron chi connectivity index (χ0n) is 26.6. The Morgan fingerprint density at radius 3 is 2.49 bits per heavy atom. The number of aliphatic carboxylic acids is 1. The molecule has 2 unspecified atom stereocenters.